The average Bonchev–Trinajstić information content (AvgIpc) is 3.04. The third-order valence-electron chi connectivity index (χ3n) is 2.43. The van der Waals surface area contributed by atoms with Crippen LogP contribution >= 0.6 is 11.8 Å². The lowest BCUT2D eigenvalue weighted by Gasteiger charge is -2.03. The smallest absolute Gasteiger partial charge is 0.136 e. The van der Waals surface area contributed by atoms with Gasteiger partial charge >= 0.3 is 0 Å². The molecular formula is C12H16FNS. The molecule has 0 amide bonds. The highest BCUT2D eigenvalue weighted by Crippen LogP contribution is 2.22. The van der Waals surface area contributed by atoms with Crippen molar-refractivity contribution in [1.29, 1.82) is 0 Å². The fourth-order valence-electron chi connectivity index (χ4n) is 1.41. The van der Waals surface area contributed by atoms with Gasteiger partial charge in [-0.1, -0.05) is 12.1 Å². The zero-order valence-electron chi connectivity index (χ0n) is 8.71. The molecule has 0 unspecified atom stereocenters. The Labute approximate surface area is 94.5 Å². The molecule has 2 rings (SSSR count). The quantitative estimate of drug-likeness (QED) is 0.590. The van der Waals surface area contributed by atoms with E-state index in [1.165, 1.54) is 18.9 Å². The number of hydrogen-bond donors (Lipinski definition) is 1. The van der Waals surface area contributed by atoms with Crippen LogP contribution in [0.5, 0.6) is 0 Å². The van der Waals surface area contributed by atoms with E-state index in [0.29, 0.717) is 0 Å². The predicted octanol–water partition coefficient (Wildman–Crippen LogP) is 3.06. The monoisotopic (exact) mass is 225 g/mol. The Kier molecular flexibility index (Phi) is 4.03. The van der Waals surface area contributed by atoms with Gasteiger partial charge in [0.2, 0.25) is 0 Å². The van der Waals surface area contributed by atoms with Crippen LogP contribution in [0.2, 0.25) is 0 Å². The molecule has 15 heavy (non-hydrogen) atoms. The van der Waals surface area contributed by atoms with Crippen LogP contribution in [0.1, 0.15) is 19.3 Å². The van der Waals surface area contributed by atoms with Gasteiger partial charge in [0.05, 0.1) is 0 Å². The van der Waals surface area contributed by atoms with Crippen molar-refractivity contribution in [3.05, 3.63) is 30.1 Å². The van der Waals surface area contributed by atoms with Gasteiger partial charge in [0, 0.05) is 10.9 Å². The summed E-state index contributed by atoms with van der Waals surface area (Å²) in [6, 6.07) is 7.75. The molecule has 0 atom stereocenters. The van der Waals surface area contributed by atoms with Gasteiger partial charge in [0.1, 0.15) is 5.82 Å². The number of thioether (sulfide) groups is 1. The lowest BCUT2D eigenvalue weighted by molar-refractivity contribution is 0.601. The van der Waals surface area contributed by atoms with Gasteiger partial charge in [-0.05, 0) is 43.7 Å². The van der Waals surface area contributed by atoms with Gasteiger partial charge < -0.3 is 5.32 Å². The minimum Gasteiger partial charge on any atom is -0.314 e. The molecule has 1 aromatic carbocycles. The fraction of sp³-hybridized carbons (Fsp3) is 0.500. The van der Waals surface area contributed by atoms with Crippen LogP contribution in [-0.2, 0) is 0 Å². The number of nitrogens with one attached hydrogen (secondary N) is 1. The van der Waals surface area contributed by atoms with Crippen LogP contribution in [0.25, 0.3) is 0 Å². The Morgan fingerprint density at radius 2 is 2.13 bits per heavy atom. The van der Waals surface area contributed by atoms with Crippen molar-refractivity contribution < 1.29 is 4.39 Å². The van der Waals surface area contributed by atoms with Crippen LogP contribution in [-0.4, -0.2) is 18.3 Å². The largest absolute Gasteiger partial charge is 0.314 e. The molecule has 0 saturated heterocycles. The first-order valence-electron chi connectivity index (χ1n) is 5.47. The van der Waals surface area contributed by atoms with Gasteiger partial charge in [0.25, 0.3) is 0 Å². The van der Waals surface area contributed by atoms with E-state index >= 15 is 0 Å². The maximum absolute atomic E-state index is 13.2. The molecule has 1 N–H and O–H groups in total. The van der Waals surface area contributed by atoms with E-state index in [1.807, 2.05) is 12.1 Å². The molecule has 1 fully saturated rings. The summed E-state index contributed by atoms with van der Waals surface area (Å²) < 4.78 is 13.2. The van der Waals surface area contributed by atoms with Crippen molar-refractivity contribution in [2.45, 2.75) is 30.2 Å². The maximum atomic E-state index is 13.2. The Balaban J connectivity index is 1.62. The van der Waals surface area contributed by atoms with Gasteiger partial charge in [-0.2, -0.15) is 0 Å². The van der Waals surface area contributed by atoms with Crippen LogP contribution in [0.4, 0.5) is 4.39 Å². The highest BCUT2D eigenvalue weighted by atomic mass is 32.2. The topological polar surface area (TPSA) is 12.0 Å². The van der Waals surface area contributed by atoms with E-state index in [9.17, 15) is 4.39 Å². The standard InChI is InChI=1S/C12H16FNS/c13-11-4-1-2-5-12(11)15-9-3-8-14-10-6-7-10/h1-2,4-5,10,14H,3,6-9H2. The molecule has 0 aromatic heterocycles. The summed E-state index contributed by atoms with van der Waals surface area (Å²) in [4.78, 5) is 0.768. The second-order valence-corrected chi connectivity index (χ2v) is 5.00. The molecule has 0 spiro atoms. The lowest BCUT2D eigenvalue weighted by atomic mass is 10.3. The van der Waals surface area contributed by atoms with Crippen molar-refractivity contribution in [3.8, 4) is 0 Å². The Morgan fingerprint density at radius 3 is 2.87 bits per heavy atom. The summed E-state index contributed by atoms with van der Waals surface area (Å²) in [6.45, 7) is 1.06. The molecule has 0 radical (unpaired) electrons. The molecule has 0 heterocycles. The van der Waals surface area contributed by atoms with E-state index in [4.69, 9.17) is 0 Å². The third kappa shape index (κ3) is 3.84. The van der Waals surface area contributed by atoms with Gasteiger partial charge in [-0.15, -0.1) is 11.8 Å². The minimum absolute atomic E-state index is 0.0994. The molecule has 82 valence electrons. The van der Waals surface area contributed by atoms with E-state index in [2.05, 4.69) is 5.32 Å². The van der Waals surface area contributed by atoms with Crippen molar-refractivity contribution >= 4 is 11.8 Å². The Hall–Kier alpha value is -0.540. The SMILES string of the molecule is Fc1ccccc1SCCCNC1CC1. The fourth-order valence-corrected chi connectivity index (χ4v) is 2.30. The third-order valence-corrected chi connectivity index (χ3v) is 3.56. The first-order chi connectivity index (χ1) is 7.36. The van der Waals surface area contributed by atoms with E-state index < -0.39 is 0 Å². The van der Waals surface area contributed by atoms with Gasteiger partial charge in [-0.3, -0.25) is 0 Å². The van der Waals surface area contributed by atoms with Crippen LogP contribution in [0.3, 0.4) is 0 Å². The van der Waals surface area contributed by atoms with Crippen molar-refractivity contribution in [2.75, 3.05) is 12.3 Å². The molecule has 1 nitrogen and oxygen atoms in total. The first kappa shape index (κ1) is 11.0. The second-order valence-electron chi connectivity index (χ2n) is 3.86. The van der Waals surface area contributed by atoms with Crippen molar-refractivity contribution in [3.63, 3.8) is 0 Å². The summed E-state index contributed by atoms with van der Waals surface area (Å²) in [5.74, 6) is 0.887. The molecule has 3 heteroatoms. The Morgan fingerprint density at radius 1 is 1.33 bits per heavy atom. The number of hydrogen-bond acceptors (Lipinski definition) is 2. The zero-order valence-corrected chi connectivity index (χ0v) is 9.52. The van der Waals surface area contributed by atoms with E-state index in [0.717, 1.165) is 29.7 Å². The molecule has 1 aromatic rings. The highest BCUT2D eigenvalue weighted by Gasteiger charge is 2.19. The molecule has 0 bridgehead atoms. The van der Waals surface area contributed by atoms with Crippen molar-refractivity contribution in [1.82, 2.24) is 5.32 Å². The molecule has 0 aliphatic heterocycles. The van der Waals surface area contributed by atoms with Gasteiger partial charge in [-0.25, -0.2) is 4.39 Å². The molecule has 1 aliphatic rings. The van der Waals surface area contributed by atoms with Crippen molar-refractivity contribution in [2.24, 2.45) is 0 Å². The summed E-state index contributed by atoms with van der Waals surface area (Å²) >= 11 is 1.60. The average molecular weight is 225 g/mol. The minimum atomic E-state index is -0.0994. The maximum Gasteiger partial charge on any atom is 0.136 e. The highest BCUT2D eigenvalue weighted by molar-refractivity contribution is 7.99. The first-order valence-corrected chi connectivity index (χ1v) is 6.45. The number of rotatable bonds is 6. The summed E-state index contributed by atoms with van der Waals surface area (Å²) in [7, 11) is 0. The summed E-state index contributed by atoms with van der Waals surface area (Å²) in [6.07, 6.45) is 3.77. The van der Waals surface area contributed by atoms with Crippen LogP contribution in [0, 0.1) is 5.82 Å². The zero-order chi connectivity index (χ0) is 10.5. The molecular weight excluding hydrogens is 209 g/mol. The van der Waals surface area contributed by atoms with Gasteiger partial charge in [0.15, 0.2) is 0 Å². The Bertz CT molecular complexity index is 312. The summed E-state index contributed by atoms with van der Waals surface area (Å²) in [5, 5.41) is 3.45. The van der Waals surface area contributed by atoms with Crippen LogP contribution < -0.4 is 5.32 Å². The number of halogens is 1. The lowest BCUT2D eigenvalue weighted by Crippen LogP contribution is -2.17. The second kappa shape index (κ2) is 5.52. The predicted molar refractivity (Wildman–Crippen MR) is 62.8 cm³/mol. The molecule has 1 aliphatic carbocycles. The van der Waals surface area contributed by atoms with Crippen LogP contribution in [0.15, 0.2) is 29.2 Å². The molecule has 1 saturated carbocycles. The normalized spacial score (nSPS) is 15.5. The summed E-state index contributed by atoms with van der Waals surface area (Å²) in [5.41, 5.74) is 0. The number of benzene rings is 1. The van der Waals surface area contributed by atoms with E-state index in [1.54, 1.807) is 17.8 Å². The van der Waals surface area contributed by atoms with E-state index in [-0.39, 0.29) is 5.82 Å².